The molecule has 0 unspecified atom stereocenters. The molecule has 2 rings (SSSR count). The van der Waals surface area contributed by atoms with Crippen LogP contribution in [0.1, 0.15) is 11.1 Å². The van der Waals surface area contributed by atoms with Crippen LogP contribution in [0, 0.1) is 0 Å². The first-order valence-electron chi connectivity index (χ1n) is 8.17. The molecule has 0 aliphatic heterocycles. The van der Waals surface area contributed by atoms with Crippen molar-refractivity contribution in [1.29, 1.82) is 0 Å². The number of benzene rings is 2. The lowest BCUT2D eigenvalue weighted by molar-refractivity contribution is 0.393. The van der Waals surface area contributed by atoms with Crippen LogP contribution in [0.4, 0.5) is 0 Å². The van der Waals surface area contributed by atoms with Crippen molar-refractivity contribution in [3.63, 3.8) is 0 Å². The molecule has 0 amide bonds. The highest BCUT2D eigenvalue weighted by Gasteiger charge is 2.02. The molecule has 0 aliphatic rings. The van der Waals surface area contributed by atoms with Gasteiger partial charge < -0.3 is 18.9 Å². The highest BCUT2D eigenvalue weighted by Crippen LogP contribution is 2.26. The molecule has 0 bridgehead atoms. The van der Waals surface area contributed by atoms with Crippen molar-refractivity contribution >= 4 is 12.2 Å². The molecule has 136 valence electrons. The van der Waals surface area contributed by atoms with Crippen molar-refractivity contribution in [3.05, 3.63) is 71.8 Å². The monoisotopic (exact) mass is 352 g/mol. The summed E-state index contributed by atoms with van der Waals surface area (Å²) < 4.78 is 21.1. The van der Waals surface area contributed by atoms with Gasteiger partial charge in [0.05, 0.1) is 28.4 Å². The number of methoxy groups -OCH3 is 4. The summed E-state index contributed by atoms with van der Waals surface area (Å²) in [5.41, 5.74) is 1.97. The van der Waals surface area contributed by atoms with Crippen molar-refractivity contribution in [3.8, 4) is 23.0 Å². The Morgan fingerprint density at radius 3 is 1.31 bits per heavy atom. The van der Waals surface area contributed by atoms with Crippen LogP contribution >= 0.6 is 0 Å². The van der Waals surface area contributed by atoms with E-state index in [1.807, 2.05) is 72.9 Å². The van der Waals surface area contributed by atoms with E-state index in [0.717, 1.165) is 34.1 Å². The van der Waals surface area contributed by atoms with Gasteiger partial charge in [0.1, 0.15) is 23.0 Å². The predicted octanol–water partition coefficient (Wildman–Crippen LogP) is 5.00. The van der Waals surface area contributed by atoms with E-state index in [9.17, 15) is 0 Å². The van der Waals surface area contributed by atoms with E-state index in [1.54, 1.807) is 28.4 Å². The summed E-state index contributed by atoms with van der Waals surface area (Å²) in [6.07, 6.45) is 11.8. The summed E-state index contributed by atoms with van der Waals surface area (Å²) in [5, 5.41) is 0. The first kappa shape index (κ1) is 19.2. The van der Waals surface area contributed by atoms with Crippen LogP contribution in [-0.2, 0) is 0 Å². The van der Waals surface area contributed by atoms with Crippen molar-refractivity contribution in [2.24, 2.45) is 0 Å². The van der Waals surface area contributed by atoms with E-state index in [0.29, 0.717) is 0 Å². The molecule has 2 aromatic rings. The molecule has 0 heterocycles. The van der Waals surface area contributed by atoms with Crippen LogP contribution in [-0.4, -0.2) is 28.4 Å². The molecule has 0 saturated carbocycles. The zero-order chi connectivity index (χ0) is 18.8. The number of hydrogen-bond donors (Lipinski definition) is 0. The van der Waals surface area contributed by atoms with Gasteiger partial charge in [0.15, 0.2) is 0 Å². The number of ether oxygens (including phenoxy) is 4. The van der Waals surface area contributed by atoms with Gasteiger partial charge in [-0.3, -0.25) is 0 Å². The second kappa shape index (κ2) is 9.99. The number of hydrogen-bond acceptors (Lipinski definition) is 4. The van der Waals surface area contributed by atoms with Crippen molar-refractivity contribution < 1.29 is 18.9 Å². The van der Waals surface area contributed by atoms with E-state index < -0.39 is 0 Å². The van der Waals surface area contributed by atoms with E-state index in [2.05, 4.69) is 0 Å². The Kier molecular flexibility index (Phi) is 7.37. The van der Waals surface area contributed by atoms with Crippen LogP contribution in [0.5, 0.6) is 23.0 Å². The van der Waals surface area contributed by atoms with Gasteiger partial charge in [-0.15, -0.1) is 0 Å². The van der Waals surface area contributed by atoms with E-state index in [1.165, 1.54) is 0 Å². The normalized spacial score (nSPS) is 11.4. The van der Waals surface area contributed by atoms with Gasteiger partial charge in [-0.05, 0) is 24.3 Å². The molecule has 2 aromatic carbocycles. The zero-order valence-corrected chi connectivity index (χ0v) is 15.6. The number of rotatable bonds is 8. The standard InChI is InChI=1S/C22H24O4/c1-23-19-13-11-17(21(15-19)25-3)9-7-5-6-8-10-18-12-14-20(24-2)16-22(18)26-4/h5-16H,1-4H3/b6-5+,9-7+,10-8+. The Morgan fingerprint density at radius 2 is 0.962 bits per heavy atom. The third-order valence-electron chi connectivity index (χ3n) is 3.77. The highest BCUT2D eigenvalue weighted by atomic mass is 16.5. The third kappa shape index (κ3) is 5.18. The van der Waals surface area contributed by atoms with Gasteiger partial charge in [0.2, 0.25) is 0 Å². The average Bonchev–Trinajstić information content (AvgIpc) is 2.70. The second-order valence-corrected chi connectivity index (χ2v) is 5.32. The molecule has 0 spiro atoms. The van der Waals surface area contributed by atoms with Gasteiger partial charge in [-0.25, -0.2) is 0 Å². The van der Waals surface area contributed by atoms with Crippen LogP contribution in [0.2, 0.25) is 0 Å². The minimum Gasteiger partial charge on any atom is -0.497 e. The molecule has 0 aromatic heterocycles. The van der Waals surface area contributed by atoms with Gasteiger partial charge in [-0.2, -0.15) is 0 Å². The molecule has 0 radical (unpaired) electrons. The summed E-state index contributed by atoms with van der Waals surface area (Å²) in [6.45, 7) is 0. The molecule has 0 N–H and O–H groups in total. The quantitative estimate of drug-likeness (QED) is 0.626. The molecule has 0 aliphatic carbocycles. The topological polar surface area (TPSA) is 36.9 Å². The van der Waals surface area contributed by atoms with Gasteiger partial charge >= 0.3 is 0 Å². The fraction of sp³-hybridized carbons (Fsp3) is 0.182. The van der Waals surface area contributed by atoms with Crippen LogP contribution in [0.25, 0.3) is 12.2 Å². The fourth-order valence-corrected chi connectivity index (χ4v) is 2.36. The Hall–Kier alpha value is -3.14. The van der Waals surface area contributed by atoms with Gasteiger partial charge in [-0.1, -0.05) is 36.5 Å². The van der Waals surface area contributed by atoms with E-state index in [4.69, 9.17) is 18.9 Å². The van der Waals surface area contributed by atoms with Crippen molar-refractivity contribution in [2.75, 3.05) is 28.4 Å². The first-order valence-corrected chi connectivity index (χ1v) is 8.17. The maximum atomic E-state index is 5.37. The fourth-order valence-electron chi connectivity index (χ4n) is 2.36. The summed E-state index contributed by atoms with van der Waals surface area (Å²) in [5.74, 6) is 3.08. The molecular weight excluding hydrogens is 328 g/mol. The molecule has 4 nitrogen and oxygen atoms in total. The highest BCUT2D eigenvalue weighted by molar-refractivity contribution is 5.62. The molecule has 0 saturated heterocycles. The lowest BCUT2D eigenvalue weighted by Crippen LogP contribution is -1.89. The minimum atomic E-state index is 0.769. The molecule has 4 heteroatoms. The van der Waals surface area contributed by atoms with E-state index >= 15 is 0 Å². The van der Waals surface area contributed by atoms with Crippen molar-refractivity contribution in [2.45, 2.75) is 0 Å². The van der Waals surface area contributed by atoms with Crippen LogP contribution < -0.4 is 18.9 Å². The SMILES string of the molecule is COc1ccc(/C=C/C=C/C=C/c2ccc(OC)cc2OC)c(OC)c1. The molecular formula is C22H24O4. The van der Waals surface area contributed by atoms with Crippen molar-refractivity contribution in [1.82, 2.24) is 0 Å². The Balaban J connectivity index is 2.03. The zero-order valence-electron chi connectivity index (χ0n) is 15.6. The average molecular weight is 352 g/mol. The summed E-state index contributed by atoms with van der Waals surface area (Å²) in [6, 6.07) is 11.4. The first-order chi connectivity index (χ1) is 12.7. The Bertz CT molecular complexity index is 736. The molecule has 0 atom stereocenters. The lowest BCUT2D eigenvalue weighted by atomic mass is 10.1. The smallest absolute Gasteiger partial charge is 0.129 e. The lowest BCUT2D eigenvalue weighted by Gasteiger charge is -2.07. The number of allylic oxidation sites excluding steroid dienone is 4. The maximum Gasteiger partial charge on any atom is 0.129 e. The molecule has 26 heavy (non-hydrogen) atoms. The summed E-state index contributed by atoms with van der Waals surface area (Å²) in [7, 11) is 6.56. The van der Waals surface area contributed by atoms with Crippen LogP contribution in [0.15, 0.2) is 60.7 Å². The van der Waals surface area contributed by atoms with Gasteiger partial charge in [0, 0.05) is 23.3 Å². The largest absolute Gasteiger partial charge is 0.497 e. The third-order valence-corrected chi connectivity index (χ3v) is 3.77. The van der Waals surface area contributed by atoms with E-state index in [-0.39, 0.29) is 0 Å². The Labute approximate surface area is 155 Å². The summed E-state index contributed by atoms with van der Waals surface area (Å²) >= 11 is 0. The van der Waals surface area contributed by atoms with Crippen LogP contribution in [0.3, 0.4) is 0 Å². The maximum absolute atomic E-state index is 5.37. The second-order valence-electron chi connectivity index (χ2n) is 5.32. The Morgan fingerprint density at radius 1 is 0.538 bits per heavy atom. The summed E-state index contributed by atoms with van der Waals surface area (Å²) in [4.78, 5) is 0. The molecule has 0 fully saturated rings. The predicted molar refractivity (Wildman–Crippen MR) is 106 cm³/mol. The minimum absolute atomic E-state index is 0.769. The van der Waals surface area contributed by atoms with Gasteiger partial charge in [0.25, 0.3) is 0 Å².